The van der Waals surface area contributed by atoms with Gasteiger partial charge in [0.2, 0.25) is 0 Å². The van der Waals surface area contributed by atoms with Crippen molar-refractivity contribution >= 4 is 34.8 Å². The molecule has 94 valence electrons. The summed E-state index contributed by atoms with van der Waals surface area (Å²) in [5.74, 6) is 0. The van der Waals surface area contributed by atoms with Gasteiger partial charge in [0, 0.05) is 20.6 Å². The summed E-state index contributed by atoms with van der Waals surface area (Å²) < 4.78 is 0. The summed E-state index contributed by atoms with van der Waals surface area (Å²) in [6, 6.07) is 13.1. The minimum Gasteiger partial charge on any atom is -0.309 e. The fraction of sp³-hybridized carbons (Fsp3) is 0.143. The highest BCUT2D eigenvalue weighted by molar-refractivity contribution is 6.36. The van der Waals surface area contributed by atoms with E-state index in [4.69, 9.17) is 34.8 Å². The van der Waals surface area contributed by atoms with Crippen molar-refractivity contribution in [3.63, 3.8) is 0 Å². The minimum absolute atomic E-state index is 0.0523. The summed E-state index contributed by atoms with van der Waals surface area (Å²) in [4.78, 5) is 0. The molecule has 0 fully saturated rings. The third-order valence-electron chi connectivity index (χ3n) is 2.78. The van der Waals surface area contributed by atoms with Gasteiger partial charge in [0.15, 0.2) is 0 Å². The van der Waals surface area contributed by atoms with E-state index >= 15 is 0 Å². The van der Waals surface area contributed by atoms with Crippen molar-refractivity contribution in [1.82, 2.24) is 5.32 Å². The van der Waals surface area contributed by atoms with E-state index in [0.29, 0.717) is 15.1 Å². The molecule has 2 aromatic rings. The highest BCUT2D eigenvalue weighted by Gasteiger charge is 2.18. The van der Waals surface area contributed by atoms with Gasteiger partial charge in [-0.1, -0.05) is 53.0 Å². The Balaban J connectivity index is 2.48. The van der Waals surface area contributed by atoms with Crippen LogP contribution in [-0.2, 0) is 0 Å². The quantitative estimate of drug-likeness (QED) is 0.845. The number of nitrogens with one attached hydrogen (secondary N) is 1. The molecule has 2 aromatic carbocycles. The molecule has 0 amide bonds. The van der Waals surface area contributed by atoms with Crippen LogP contribution in [0.2, 0.25) is 15.1 Å². The number of halogens is 3. The Morgan fingerprint density at radius 1 is 0.889 bits per heavy atom. The first-order valence-electron chi connectivity index (χ1n) is 5.50. The zero-order valence-electron chi connectivity index (χ0n) is 9.75. The topological polar surface area (TPSA) is 12.0 Å². The lowest BCUT2D eigenvalue weighted by Gasteiger charge is -2.20. The Hall–Kier alpha value is -0.730. The first kappa shape index (κ1) is 13.7. The molecule has 0 saturated heterocycles. The van der Waals surface area contributed by atoms with E-state index in [1.54, 1.807) is 0 Å². The molecule has 0 aliphatic heterocycles. The number of benzene rings is 2. The van der Waals surface area contributed by atoms with Gasteiger partial charge in [-0.05, 0) is 36.9 Å². The number of hydrogen-bond acceptors (Lipinski definition) is 1. The summed E-state index contributed by atoms with van der Waals surface area (Å²) >= 11 is 18.4. The molecule has 1 atom stereocenters. The predicted octanol–water partition coefficient (Wildman–Crippen LogP) is 4.96. The van der Waals surface area contributed by atoms with Gasteiger partial charge in [0.25, 0.3) is 0 Å². The molecule has 0 heterocycles. The zero-order valence-corrected chi connectivity index (χ0v) is 12.0. The molecule has 4 heteroatoms. The van der Waals surface area contributed by atoms with Crippen molar-refractivity contribution in [2.75, 3.05) is 7.05 Å². The van der Waals surface area contributed by atoms with Gasteiger partial charge in [-0.25, -0.2) is 0 Å². The van der Waals surface area contributed by atoms with Crippen LogP contribution >= 0.6 is 34.8 Å². The normalized spacial score (nSPS) is 12.4. The van der Waals surface area contributed by atoms with Gasteiger partial charge in [-0.3, -0.25) is 0 Å². The molecule has 0 aliphatic carbocycles. The summed E-state index contributed by atoms with van der Waals surface area (Å²) in [5.41, 5.74) is 1.95. The monoisotopic (exact) mass is 299 g/mol. The maximum Gasteiger partial charge on any atom is 0.0603 e. The predicted molar refractivity (Wildman–Crippen MR) is 78.8 cm³/mol. The largest absolute Gasteiger partial charge is 0.309 e. The van der Waals surface area contributed by atoms with Crippen molar-refractivity contribution in [2.24, 2.45) is 0 Å². The Morgan fingerprint density at radius 2 is 1.44 bits per heavy atom. The Labute approximate surface area is 122 Å². The molecule has 1 N–H and O–H groups in total. The molecule has 0 spiro atoms. The molecule has 18 heavy (non-hydrogen) atoms. The van der Waals surface area contributed by atoms with E-state index in [2.05, 4.69) is 5.32 Å². The molecular weight excluding hydrogens is 289 g/mol. The molecule has 0 saturated carbocycles. The van der Waals surface area contributed by atoms with Gasteiger partial charge in [-0.15, -0.1) is 0 Å². The first-order chi connectivity index (χ1) is 8.63. The van der Waals surface area contributed by atoms with Crippen molar-refractivity contribution in [3.8, 4) is 0 Å². The molecule has 0 aliphatic rings. The van der Waals surface area contributed by atoms with E-state index < -0.39 is 0 Å². The zero-order chi connectivity index (χ0) is 13.1. The average molecular weight is 301 g/mol. The summed E-state index contributed by atoms with van der Waals surface area (Å²) in [5, 5.41) is 5.23. The molecule has 0 bridgehead atoms. The van der Waals surface area contributed by atoms with Crippen molar-refractivity contribution in [1.29, 1.82) is 0 Å². The minimum atomic E-state index is -0.0523. The second kappa shape index (κ2) is 5.94. The lowest BCUT2D eigenvalue weighted by atomic mass is 9.99. The van der Waals surface area contributed by atoms with Crippen molar-refractivity contribution in [2.45, 2.75) is 6.04 Å². The van der Waals surface area contributed by atoms with E-state index in [1.165, 1.54) is 0 Å². The smallest absolute Gasteiger partial charge is 0.0603 e. The van der Waals surface area contributed by atoms with Crippen LogP contribution < -0.4 is 5.32 Å². The summed E-state index contributed by atoms with van der Waals surface area (Å²) in [6.07, 6.45) is 0. The van der Waals surface area contributed by atoms with E-state index in [-0.39, 0.29) is 6.04 Å². The van der Waals surface area contributed by atoms with E-state index in [0.717, 1.165) is 11.1 Å². The van der Waals surface area contributed by atoms with Gasteiger partial charge in [0.05, 0.1) is 6.04 Å². The Bertz CT molecular complexity index is 517. The highest BCUT2D eigenvalue weighted by Crippen LogP contribution is 2.34. The lowest BCUT2D eigenvalue weighted by Crippen LogP contribution is -2.18. The molecule has 1 nitrogen and oxygen atoms in total. The lowest BCUT2D eigenvalue weighted by molar-refractivity contribution is 0.692. The van der Waals surface area contributed by atoms with Crippen LogP contribution in [0.5, 0.6) is 0 Å². The third kappa shape index (κ3) is 2.81. The fourth-order valence-electron chi connectivity index (χ4n) is 1.92. The van der Waals surface area contributed by atoms with Crippen LogP contribution in [0.4, 0.5) is 0 Å². The maximum atomic E-state index is 6.23. The Morgan fingerprint density at radius 3 is 1.94 bits per heavy atom. The average Bonchev–Trinajstić information content (AvgIpc) is 2.35. The van der Waals surface area contributed by atoms with E-state index in [9.17, 15) is 0 Å². The van der Waals surface area contributed by atoms with E-state index in [1.807, 2.05) is 49.5 Å². The summed E-state index contributed by atoms with van der Waals surface area (Å²) in [7, 11) is 1.87. The highest BCUT2D eigenvalue weighted by atomic mass is 35.5. The molecule has 2 rings (SSSR count). The third-order valence-corrected chi connectivity index (χ3v) is 3.69. The molecule has 0 radical (unpaired) electrons. The van der Waals surface area contributed by atoms with Gasteiger partial charge >= 0.3 is 0 Å². The standard InChI is InChI=1S/C14H12Cl3N/c1-18-14(9-5-7-10(15)8-6-9)13-11(16)3-2-4-12(13)17/h2-8,14,18H,1H3. The van der Waals surface area contributed by atoms with Crippen molar-refractivity contribution in [3.05, 3.63) is 68.7 Å². The van der Waals surface area contributed by atoms with Crippen LogP contribution in [0.1, 0.15) is 17.2 Å². The van der Waals surface area contributed by atoms with Crippen LogP contribution in [-0.4, -0.2) is 7.05 Å². The van der Waals surface area contributed by atoms with Crippen molar-refractivity contribution < 1.29 is 0 Å². The number of hydrogen-bond donors (Lipinski definition) is 1. The van der Waals surface area contributed by atoms with Gasteiger partial charge in [-0.2, -0.15) is 0 Å². The Kier molecular flexibility index (Phi) is 4.52. The van der Waals surface area contributed by atoms with Crippen LogP contribution in [0.15, 0.2) is 42.5 Å². The van der Waals surface area contributed by atoms with Crippen LogP contribution in [0, 0.1) is 0 Å². The second-order valence-electron chi connectivity index (χ2n) is 3.91. The van der Waals surface area contributed by atoms with Crippen LogP contribution in [0.25, 0.3) is 0 Å². The fourth-order valence-corrected chi connectivity index (χ4v) is 2.66. The second-order valence-corrected chi connectivity index (χ2v) is 5.16. The van der Waals surface area contributed by atoms with Gasteiger partial charge < -0.3 is 5.32 Å². The first-order valence-corrected chi connectivity index (χ1v) is 6.63. The SMILES string of the molecule is CNC(c1ccc(Cl)cc1)c1c(Cl)cccc1Cl. The number of rotatable bonds is 3. The molecule has 1 unspecified atom stereocenters. The van der Waals surface area contributed by atoms with Crippen LogP contribution in [0.3, 0.4) is 0 Å². The summed E-state index contributed by atoms with van der Waals surface area (Å²) in [6.45, 7) is 0. The molecular formula is C14H12Cl3N. The molecule has 0 aromatic heterocycles. The maximum absolute atomic E-state index is 6.23. The van der Waals surface area contributed by atoms with Gasteiger partial charge in [0.1, 0.15) is 0 Å².